The number of aliphatic hydroxyl groups excluding tert-OH is 1. The van der Waals surface area contributed by atoms with Crippen molar-refractivity contribution in [2.24, 2.45) is 5.92 Å². The minimum atomic E-state index is -0.727. The fourth-order valence-electron chi connectivity index (χ4n) is 1.79. The second kappa shape index (κ2) is 6.02. The van der Waals surface area contributed by atoms with Crippen LogP contribution in [0.1, 0.15) is 38.4 Å². The average molecular weight is 241 g/mol. The molecule has 2 nitrogen and oxygen atoms in total. The van der Waals surface area contributed by atoms with Crippen LogP contribution in [0.25, 0.3) is 0 Å². The molecule has 0 aliphatic carbocycles. The Morgan fingerprint density at radius 3 is 2.38 bits per heavy atom. The number of Topliss-reactive ketones (excluding diaryl/α,β-unsaturated/α-hetero) is 1. The predicted molar refractivity (Wildman–Crippen MR) is 65.5 cm³/mol. The molecule has 0 aliphatic rings. The van der Waals surface area contributed by atoms with Gasteiger partial charge in [-0.3, -0.25) is 4.79 Å². The van der Waals surface area contributed by atoms with E-state index in [9.17, 15) is 9.90 Å². The van der Waals surface area contributed by atoms with Crippen molar-refractivity contribution >= 4 is 17.4 Å². The smallest absolute Gasteiger partial charge is 0.135 e. The van der Waals surface area contributed by atoms with Gasteiger partial charge < -0.3 is 5.11 Å². The molecule has 2 atom stereocenters. The molecule has 1 aromatic rings. The summed E-state index contributed by atoms with van der Waals surface area (Å²) in [6.07, 6.45) is 0.864. The van der Waals surface area contributed by atoms with Gasteiger partial charge >= 0.3 is 0 Å². The largest absolute Gasteiger partial charge is 0.388 e. The molecule has 16 heavy (non-hydrogen) atoms. The summed E-state index contributed by atoms with van der Waals surface area (Å²) in [5, 5.41) is 10.7. The molecule has 0 unspecified atom stereocenters. The van der Waals surface area contributed by atoms with Gasteiger partial charge in [-0.25, -0.2) is 0 Å². The lowest BCUT2D eigenvalue weighted by Crippen LogP contribution is -2.19. The van der Waals surface area contributed by atoms with E-state index in [1.807, 2.05) is 6.92 Å². The monoisotopic (exact) mass is 240 g/mol. The van der Waals surface area contributed by atoms with E-state index < -0.39 is 6.10 Å². The van der Waals surface area contributed by atoms with E-state index in [0.29, 0.717) is 11.4 Å². The van der Waals surface area contributed by atoms with Crippen LogP contribution in [0.3, 0.4) is 0 Å². The first-order chi connectivity index (χ1) is 7.56. The van der Waals surface area contributed by atoms with E-state index in [1.54, 1.807) is 24.3 Å². The van der Waals surface area contributed by atoms with Crippen LogP contribution in [0.5, 0.6) is 0 Å². The molecule has 0 aromatic heterocycles. The van der Waals surface area contributed by atoms with Gasteiger partial charge in [0.2, 0.25) is 0 Å². The number of carbonyl (C=O) groups excluding carboxylic acids is 1. The number of rotatable bonds is 5. The first kappa shape index (κ1) is 13.2. The van der Waals surface area contributed by atoms with Crippen molar-refractivity contribution in [2.45, 2.75) is 32.8 Å². The first-order valence-corrected chi connectivity index (χ1v) is 5.88. The fraction of sp³-hybridized carbons (Fsp3) is 0.462. The Bertz CT molecular complexity index is 345. The van der Waals surface area contributed by atoms with Crippen LogP contribution in [0.4, 0.5) is 0 Å². The second-order valence-corrected chi connectivity index (χ2v) is 4.44. The highest BCUT2D eigenvalue weighted by atomic mass is 35.5. The molecule has 0 saturated heterocycles. The SMILES string of the molecule is CCC[C@@H](C(C)=O)[C@H](O)c1ccc(Cl)cc1. The molecule has 0 radical (unpaired) electrons. The van der Waals surface area contributed by atoms with Crippen molar-refractivity contribution in [1.29, 1.82) is 0 Å². The van der Waals surface area contributed by atoms with Crippen LogP contribution >= 0.6 is 11.6 Å². The summed E-state index contributed by atoms with van der Waals surface area (Å²) in [6, 6.07) is 6.98. The summed E-state index contributed by atoms with van der Waals surface area (Å²) in [5.74, 6) is -0.282. The maximum atomic E-state index is 11.4. The fourth-order valence-corrected chi connectivity index (χ4v) is 1.91. The molecular formula is C13H17ClO2. The minimum Gasteiger partial charge on any atom is -0.388 e. The minimum absolute atomic E-state index is 0.0318. The van der Waals surface area contributed by atoms with Crippen LogP contribution in [0, 0.1) is 5.92 Å². The molecule has 0 saturated carbocycles. The van der Waals surface area contributed by atoms with Gasteiger partial charge in [-0.15, -0.1) is 0 Å². The third-order valence-electron chi connectivity index (χ3n) is 2.71. The Labute approximate surface area is 101 Å². The number of aliphatic hydroxyl groups is 1. The normalized spacial score (nSPS) is 14.5. The summed E-state index contributed by atoms with van der Waals surface area (Å²) in [6.45, 7) is 3.53. The predicted octanol–water partition coefficient (Wildman–Crippen LogP) is 3.38. The van der Waals surface area contributed by atoms with Gasteiger partial charge in [0.1, 0.15) is 5.78 Å². The van der Waals surface area contributed by atoms with Gasteiger partial charge in [-0.05, 0) is 31.0 Å². The van der Waals surface area contributed by atoms with Gasteiger partial charge in [-0.2, -0.15) is 0 Å². The highest BCUT2D eigenvalue weighted by Gasteiger charge is 2.23. The molecular weight excluding hydrogens is 224 g/mol. The highest BCUT2D eigenvalue weighted by molar-refractivity contribution is 6.30. The molecule has 0 aliphatic heterocycles. The van der Waals surface area contributed by atoms with Crippen molar-refractivity contribution in [1.82, 2.24) is 0 Å². The standard InChI is InChI=1S/C13H17ClO2/c1-3-4-12(9(2)15)13(16)10-5-7-11(14)8-6-10/h5-8,12-13,16H,3-4H2,1-2H3/t12-,13+/m0/s1. The van der Waals surface area contributed by atoms with Gasteiger partial charge in [-0.1, -0.05) is 37.1 Å². The van der Waals surface area contributed by atoms with E-state index >= 15 is 0 Å². The summed E-state index contributed by atoms with van der Waals surface area (Å²) in [5.41, 5.74) is 0.748. The van der Waals surface area contributed by atoms with E-state index in [-0.39, 0.29) is 11.7 Å². The molecule has 3 heteroatoms. The van der Waals surface area contributed by atoms with E-state index in [0.717, 1.165) is 12.0 Å². The quantitative estimate of drug-likeness (QED) is 0.857. The average Bonchev–Trinajstić information content (AvgIpc) is 2.25. The number of carbonyl (C=O) groups is 1. The lowest BCUT2D eigenvalue weighted by atomic mass is 9.89. The van der Waals surface area contributed by atoms with Crippen LogP contribution in [0.15, 0.2) is 24.3 Å². The zero-order chi connectivity index (χ0) is 12.1. The lowest BCUT2D eigenvalue weighted by molar-refractivity contribution is -0.124. The second-order valence-electron chi connectivity index (χ2n) is 4.00. The van der Waals surface area contributed by atoms with Crippen molar-refractivity contribution in [3.63, 3.8) is 0 Å². The highest BCUT2D eigenvalue weighted by Crippen LogP contribution is 2.27. The Kier molecular flexibility index (Phi) is 4.97. The summed E-state index contributed by atoms with van der Waals surface area (Å²) >= 11 is 5.77. The molecule has 1 rings (SSSR count). The lowest BCUT2D eigenvalue weighted by Gasteiger charge is -2.20. The summed E-state index contributed by atoms with van der Waals surface area (Å²) in [4.78, 5) is 11.4. The number of benzene rings is 1. The summed E-state index contributed by atoms with van der Waals surface area (Å²) < 4.78 is 0. The van der Waals surface area contributed by atoms with Crippen molar-refractivity contribution in [2.75, 3.05) is 0 Å². The van der Waals surface area contributed by atoms with Crippen LogP contribution in [-0.2, 0) is 4.79 Å². The van der Waals surface area contributed by atoms with Gasteiger partial charge in [0.15, 0.2) is 0 Å². The molecule has 0 bridgehead atoms. The van der Waals surface area contributed by atoms with Crippen molar-refractivity contribution < 1.29 is 9.90 Å². The summed E-state index contributed by atoms with van der Waals surface area (Å²) in [7, 11) is 0. The molecule has 1 aromatic carbocycles. The van der Waals surface area contributed by atoms with Gasteiger partial charge in [0.25, 0.3) is 0 Å². The maximum absolute atomic E-state index is 11.4. The number of hydrogen-bond donors (Lipinski definition) is 1. The van der Waals surface area contributed by atoms with E-state index in [4.69, 9.17) is 11.6 Å². The third kappa shape index (κ3) is 3.32. The van der Waals surface area contributed by atoms with Crippen molar-refractivity contribution in [3.05, 3.63) is 34.9 Å². The third-order valence-corrected chi connectivity index (χ3v) is 2.97. The van der Waals surface area contributed by atoms with E-state index in [2.05, 4.69) is 0 Å². The number of hydrogen-bond acceptors (Lipinski definition) is 2. The molecule has 0 fully saturated rings. The Balaban J connectivity index is 2.85. The maximum Gasteiger partial charge on any atom is 0.135 e. The molecule has 88 valence electrons. The van der Waals surface area contributed by atoms with Crippen LogP contribution < -0.4 is 0 Å². The van der Waals surface area contributed by atoms with Gasteiger partial charge in [0, 0.05) is 10.9 Å². The zero-order valence-corrected chi connectivity index (χ0v) is 10.4. The van der Waals surface area contributed by atoms with Crippen molar-refractivity contribution in [3.8, 4) is 0 Å². The number of halogens is 1. The molecule has 1 N–H and O–H groups in total. The van der Waals surface area contributed by atoms with Gasteiger partial charge in [0.05, 0.1) is 6.10 Å². The molecule has 0 amide bonds. The Hall–Kier alpha value is -0.860. The Morgan fingerprint density at radius 1 is 1.38 bits per heavy atom. The number of ketones is 1. The Morgan fingerprint density at radius 2 is 1.94 bits per heavy atom. The van der Waals surface area contributed by atoms with Crippen LogP contribution in [-0.4, -0.2) is 10.9 Å². The first-order valence-electron chi connectivity index (χ1n) is 5.50. The zero-order valence-electron chi connectivity index (χ0n) is 9.61. The molecule has 0 heterocycles. The topological polar surface area (TPSA) is 37.3 Å². The van der Waals surface area contributed by atoms with Crippen LogP contribution in [0.2, 0.25) is 5.02 Å². The van der Waals surface area contributed by atoms with E-state index in [1.165, 1.54) is 6.92 Å². The molecule has 0 spiro atoms.